The molecule has 0 aliphatic carbocycles. The first kappa shape index (κ1) is 10.8. The first-order valence-corrected chi connectivity index (χ1v) is 6.58. The second kappa shape index (κ2) is 4.86. The number of benzene rings is 1. The van der Waals surface area contributed by atoms with Gasteiger partial charge in [0.15, 0.2) is 0 Å². The zero-order chi connectivity index (χ0) is 10.7. The van der Waals surface area contributed by atoms with E-state index in [1.807, 2.05) is 30.3 Å². The minimum Gasteiger partial charge on any atom is -0.284 e. The van der Waals surface area contributed by atoms with E-state index < -0.39 is 0 Å². The molecule has 0 saturated heterocycles. The second-order valence-corrected chi connectivity index (χ2v) is 5.57. The lowest BCUT2D eigenvalue weighted by Crippen LogP contribution is -2.00. The van der Waals surface area contributed by atoms with Crippen molar-refractivity contribution in [1.82, 2.24) is 0 Å². The molecule has 4 heteroatoms. The molecule has 1 aliphatic rings. The van der Waals surface area contributed by atoms with Crippen LogP contribution in [-0.4, -0.2) is 15.2 Å². The number of nitrogens with zero attached hydrogens (tertiary/aromatic N) is 1. The summed E-state index contributed by atoms with van der Waals surface area (Å²) >= 11 is 2.90. The molecule has 0 fully saturated rings. The molecular formula is C11H11NOS2. The molecule has 1 aliphatic heterocycles. The van der Waals surface area contributed by atoms with Gasteiger partial charge in [-0.3, -0.25) is 9.79 Å². The lowest BCUT2D eigenvalue weighted by Gasteiger charge is -2.02. The lowest BCUT2D eigenvalue weighted by atomic mass is 10.1. The highest BCUT2D eigenvalue weighted by atomic mass is 32.2. The zero-order valence-corrected chi connectivity index (χ0v) is 9.98. The van der Waals surface area contributed by atoms with E-state index in [1.165, 1.54) is 11.8 Å². The summed E-state index contributed by atoms with van der Waals surface area (Å²) in [7, 11) is 0. The lowest BCUT2D eigenvalue weighted by molar-refractivity contribution is -0.111. The molecule has 15 heavy (non-hydrogen) atoms. The maximum atomic E-state index is 11.7. The van der Waals surface area contributed by atoms with Gasteiger partial charge in [0.1, 0.15) is 10.4 Å². The average Bonchev–Trinajstić information content (AvgIpc) is 2.61. The molecule has 0 aromatic heterocycles. The van der Waals surface area contributed by atoms with E-state index in [0.29, 0.717) is 0 Å². The van der Waals surface area contributed by atoms with E-state index in [-0.39, 0.29) is 11.2 Å². The van der Waals surface area contributed by atoms with E-state index in [1.54, 1.807) is 11.8 Å². The quantitative estimate of drug-likeness (QED) is 0.791. The molecule has 0 saturated carbocycles. The van der Waals surface area contributed by atoms with E-state index >= 15 is 0 Å². The van der Waals surface area contributed by atoms with Gasteiger partial charge < -0.3 is 0 Å². The van der Waals surface area contributed by atoms with Crippen molar-refractivity contribution in [3.05, 3.63) is 35.9 Å². The van der Waals surface area contributed by atoms with Crippen molar-refractivity contribution in [3.63, 3.8) is 0 Å². The van der Waals surface area contributed by atoms with E-state index in [2.05, 4.69) is 11.9 Å². The Morgan fingerprint density at radius 3 is 2.80 bits per heavy atom. The van der Waals surface area contributed by atoms with Crippen molar-refractivity contribution < 1.29 is 4.79 Å². The minimum absolute atomic E-state index is 0.136. The number of aliphatic imine (C=N–C) groups is 1. The highest BCUT2D eigenvalue weighted by Crippen LogP contribution is 2.35. The Bertz CT molecular complexity index is 389. The molecule has 0 bridgehead atoms. The Labute approximate surface area is 97.6 Å². The van der Waals surface area contributed by atoms with Gasteiger partial charge in [-0.1, -0.05) is 49.0 Å². The van der Waals surface area contributed by atoms with Gasteiger partial charge in [-0.05, 0) is 23.1 Å². The number of carbonyl (C=O) groups is 1. The van der Waals surface area contributed by atoms with E-state index in [4.69, 9.17) is 0 Å². The van der Waals surface area contributed by atoms with Gasteiger partial charge in [0.25, 0.3) is 0 Å². The summed E-state index contributed by atoms with van der Waals surface area (Å²) in [5.41, 5.74) is 0.988. The van der Waals surface area contributed by atoms with Crippen LogP contribution in [0.15, 0.2) is 35.3 Å². The van der Waals surface area contributed by atoms with Gasteiger partial charge in [-0.25, -0.2) is 0 Å². The van der Waals surface area contributed by atoms with Gasteiger partial charge in [0, 0.05) is 0 Å². The van der Waals surface area contributed by atoms with Crippen molar-refractivity contribution in [2.75, 3.05) is 5.75 Å². The molecule has 1 unspecified atom stereocenters. The van der Waals surface area contributed by atoms with Crippen molar-refractivity contribution in [3.8, 4) is 0 Å². The van der Waals surface area contributed by atoms with Crippen LogP contribution >= 0.6 is 23.5 Å². The fourth-order valence-corrected chi connectivity index (χ4v) is 3.26. The molecule has 1 aromatic carbocycles. The summed E-state index contributed by atoms with van der Waals surface area (Å²) in [6, 6.07) is 9.44. The fourth-order valence-electron chi connectivity index (χ4n) is 1.36. The van der Waals surface area contributed by atoms with Crippen LogP contribution in [0.1, 0.15) is 18.5 Å². The van der Waals surface area contributed by atoms with E-state index in [9.17, 15) is 4.79 Å². The Morgan fingerprint density at radius 1 is 1.40 bits per heavy atom. The third kappa shape index (κ3) is 2.44. The Kier molecular flexibility index (Phi) is 3.49. The molecule has 1 atom stereocenters. The molecule has 2 nitrogen and oxygen atoms in total. The van der Waals surface area contributed by atoms with Crippen LogP contribution in [0.3, 0.4) is 0 Å². The molecule has 0 radical (unpaired) electrons. The molecule has 1 heterocycles. The van der Waals surface area contributed by atoms with Gasteiger partial charge in [0.05, 0.1) is 0 Å². The molecule has 0 amide bonds. The molecule has 1 aromatic rings. The largest absolute Gasteiger partial charge is 0.284 e. The number of hydrogen-bond acceptors (Lipinski definition) is 4. The Morgan fingerprint density at radius 2 is 2.13 bits per heavy atom. The normalized spacial score (nSPS) is 20.5. The predicted molar refractivity (Wildman–Crippen MR) is 67.3 cm³/mol. The first-order chi connectivity index (χ1) is 7.31. The molecule has 2 rings (SSSR count). The van der Waals surface area contributed by atoms with Gasteiger partial charge in [-0.2, -0.15) is 0 Å². The van der Waals surface area contributed by atoms with Crippen LogP contribution in [0.25, 0.3) is 0 Å². The standard InChI is InChI=1S/C11H11NOS2/c1-2-14-11-12-9(10(13)15-11)8-6-4-3-5-7-8/h3-7,9H,2H2,1H3. The van der Waals surface area contributed by atoms with Crippen LogP contribution in [-0.2, 0) is 4.79 Å². The van der Waals surface area contributed by atoms with Crippen LogP contribution < -0.4 is 0 Å². The monoisotopic (exact) mass is 237 g/mol. The summed E-state index contributed by atoms with van der Waals surface area (Å²) in [4.78, 5) is 16.1. The molecular weight excluding hydrogens is 226 g/mol. The number of carbonyl (C=O) groups excluding carboxylic acids is 1. The van der Waals surface area contributed by atoms with Gasteiger partial charge in [0.2, 0.25) is 5.12 Å². The molecule has 78 valence electrons. The first-order valence-electron chi connectivity index (χ1n) is 4.78. The van der Waals surface area contributed by atoms with Crippen molar-refractivity contribution in [1.29, 1.82) is 0 Å². The fraction of sp³-hybridized carbons (Fsp3) is 0.273. The Hall–Kier alpha value is -0.740. The molecule has 0 spiro atoms. The maximum absolute atomic E-state index is 11.7. The smallest absolute Gasteiger partial charge is 0.224 e. The summed E-state index contributed by atoms with van der Waals surface area (Å²) in [5, 5.41) is 0.136. The predicted octanol–water partition coefficient (Wildman–Crippen LogP) is 3.11. The van der Waals surface area contributed by atoms with E-state index in [0.717, 1.165) is 15.7 Å². The van der Waals surface area contributed by atoms with Crippen LogP contribution in [0.2, 0.25) is 0 Å². The third-order valence-corrected chi connectivity index (χ3v) is 3.98. The average molecular weight is 237 g/mol. The van der Waals surface area contributed by atoms with Crippen molar-refractivity contribution in [2.45, 2.75) is 13.0 Å². The zero-order valence-electron chi connectivity index (χ0n) is 8.34. The number of rotatable bonds is 2. The third-order valence-electron chi connectivity index (χ3n) is 2.03. The highest BCUT2D eigenvalue weighted by molar-refractivity contribution is 8.45. The van der Waals surface area contributed by atoms with Crippen LogP contribution in [0.4, 0.5) is 0 Å². The van der Waals surface area contributed by atoms with Gasteiger partial charge in [-0.15, -0.1) is 0 Å². The van der Waals surface area contributed by atoms with Crippen LogP contribution in [0.5, 0.6) is 0 Å². The number of hydrogen-bond donors (Lipinski definition) is 0. The number of thioether (sulfide) groups is 2. The summed E-state index contributed by atoms with van der Waals surface area (Å²) in [6.07, 6.45) is 0. The SMILES string of the molecule is CCSC1=NC(c2ccccc2)C(=O)S1. The summed E-state index contributed by atoms with van der Waals surface area (Å²) in [6.45, 7) is 2.06. The summed E-state index contributed by atoms with van der Waals surface area (Å²) < 4.78 is 0.899. The summed E-state index contributed by atoms with van der Waals surface area (Å²) in [5.74, 6) is 0.959. The molecule has 0 N–H and O–H groups in total. The Balaban J connectivity index is 2.20. The van der Waals surface area contributed by atoms with Crippen molar-refractivity contribution in [2.24, 2.45) is 4.99 Å². The van der Waals surface area contributed by atoms with Gasteiger partial charge >= 0.3 is 0 Å². The van der Waals surface area contributed by atoms with Crippen molar-refractivity contribution >= 4 is 33.0 Å². The second-order valence-electron chi connectivity index (χ2n) is 3.06. The minimum atomic E-state index is -0.287. The maximum Gasteiger partial charge on any atom is 0.224 e. The topological polar surface area (TPSA) is 29.4 Å². The van der Waals surface area contributed by atoms with Crippen LogP contribution in [0, 0.1) is 0 Å². The highest BCUT2D eigenvalue weighted by Gasteiger charge is 2.28.